The van der Waals surface area contributed by atoms with E-state index in [9.17, 15) is 0 Å². The molecule has 0 aliphatic carbocycles. The highest BCUT2D eigenvalue weighted by Crippen LogP contribution is 2.63. The quantitative estimate of drug-likeness (QED) is 0.274. The van der Waals surface area contributed by atoms with Crippen LogP contribution in [0.4, 0.5) is 0 Å². The maximum atomic E-state index is 6.88. The Labute approximate surface area is 164 Å². The molecule has 1 heterocycles. The average molecular weight is 567 g/mol. The summed E-state index contributed by atoms with van der Waals surface area (Å²) in [4.78, 5) is 0. The summed E-state index contributed by atoms with van der Waals surface area (Å²) in [6.07, 6.45) is -5.85. The Balaban J connectivity index is 3.62. The number of hydrogen-bond donors (Lipinski definition) is 0. The highest BCUT2D eigenvalue weighted by Gasteiger charge is 2.89. The van der Waals surface area contributed by atoms with Gasteiger partial charge in [-0.25, -0.2) is 0 Å². The molecule has 0 aromatic heterocycles. The van der Waals surface area contributed by atoms with Crippen molar-refractivity contribution in [1.29, 1.82) is 0 Å². The van der Waals surface area contributed by atoms with Gasteiger partial charge in [-0.05, 0) is 5.67 Å². The van der Waals surface area contributed by atoms with Crippen molar-refractivity contribution in [3.05, 3.63) is 0 Å². The van der Waals surface area contributed by atoms with Gasteiger partial charge >= 0.3 is 11.0 Å². The van der Waals surface area contributed by atoms with Crippen LogP contribution in [-0.4, -0.2) is 36.7 Å². The maximum Gasteiger partial charge on any atom is 0.340 e. The Morgan fingerprint density at radius 2 is 1.11 bits per heavy atom. The lowest BCUT2D eigenvalue weighted by molar-refractivity contribution is 1.89. The van der Waals surface area contributed by atoms with E-state index in [1.807, 2.05) is 6.55 Å². The fourth-order valence-corrected chi connectivity index (χ4v) is 248. The molecule has 4 atom stereocenters. The third-order valence-electron chi connectivity index (χ3n) is 3.52. The maximum absolute atomic E-state index is 6.88. The van der Waals surface area contributed by atoms with E-state index in [2.05, 4.69) is 0 Å². The summed E-state index contributed by atoms with van der Waals surface area (Å²) in [6.45, 7) is 1.04. The molecule has 0 saturated carbocycles. The van der Waals surface area contributed by atoms with E-state index < -0.39 is 36.7 Å². The number of rotatable bonds is 2. The van der Waals surface area contributed by atoms with Crippen LogP contribution >= 0.6 is 111 Å². The molecule has 0 aromatic rings. The van der Waals surface area contributed by atoms with Crippen molar-refractivity contribution in [2.75, 3.05) is 0 Å². The van der Waals surface area contributed by atoms with E-state index in [4.69, 9.17) is 111 Å². The zero-order chi connectivity index (χ0) is 15.7. The highest BCUT2D eigenvalue weighted by atomic mass is 35.9. The summed E-state index contributed by atoms with van der Waals surface area (Å²) in [5, 5.41) is 0. The molecular weight excluding hydrogens is 559 g/mol. The Bertz CT molecular complexity index is 386. The van der Waals surface area contributed by atoms with Crippen molar-refractivity contribution in [2.45, 2.75) is 18.8 Å². The molecule has 0 amide bonds. The van der Waals surface area contributed by atoms with Gasteiger partial charge in [0.05, 0.1) is 0 Å². The first-order valence-electron chi connectivity index (χ1n) is 4.85. The van der Waals surface area contributed by atoms with Gasteiger partial charge in [0.2, 0.25) is 12.4 Å². The van der Waals surface area contributed by atoms with Gasteiger partial charge in [0.25, 0.3) is 0 Å². The van der Waals surface area contributed by atoms with Crippen molar-refractivity contribution in [3.8, 4) is 0 Å². The molecule has 1 aliphatic heterocycles. The van der Waals surface area contributed by atoms with E-state index in [-0.39, 0.29) is 0 Å². The predicted molar refractivity (Wildman–Crippen MR) is 110 cm³/mol. The van der Waals surface area contributed by atoms with Gasteiger partial charge in [-0.2, -0.15) is 44.3 Å². The van der Waals surface area contributed by atoms with Crippen LogP contribution in [0, 0.1) is 0 Å². The second kappa shape index (κ2) is 5.88. The van der Waals surface area contributed by atoms with Crippen molar-refractivity contribution in [1.82, 2.24) is 0 Å². The van der Waals surface area contributed by atoms with Gasteiger partial charge in [0.15, 0.2) is 13.3 Å². The van der Waals surface area contributed by atoms with Gasteiger partial charge in [-0.15, -0.1) is 66.5 Å². The van der Waals surface area contributed by atoms with Crippen molar-refractivity contribution in [2.24, 2.45) is 0 Å². The number of halogens is 10. The molecular formula is C3H8Cl10Si6. The van der Waals surface area contributed by atoms with E-state index in [1.165, 1.54) is 0 Å². The fourth-order valence-electron chi connectivity index (χ4n) is 2.44. The molecule has 0 aromatic carbocycles. The third-order valence-corrected chi connectivity index (χ3v) is 157. The largest absolute Gasteiger partial charge is 0.340 e. The molecule has 0 N–H and O–H groups in total. The van der Waals surface area contributed by atoms with E-state index in [0.717, 1.165) is 0 Å². The molecule has 1 rings (SSSR count). The van der Waals surface area contributed by atoms with Crippen molar-refractivity contribution < 1.29 is 0 Å². The molecule has 114 valence electrons. The molecule has 0 nitrogen and oxygen atoms in total. The minimum atomic E-state index is -3.31. The molecule has 0 spiro atoms. The van der Waals surface area contributed by atoms with Crippen molar-refractivity contribution >= 4 is 148 Å². The molecule has 1 fully saturated rings. The van der Waals surface area contributed by atoms with Crippen LogP contribution in [0.5, 0.6) is 0 Å². The lowest BCUT2D eigenvalue weighted by Crippen LogP contribution is -2.78. The zero-order valence-corrected chi connectivity index (χ0v) is 23.0. The normalized spacial score (nSPS) is 48.6. The van der Waals surface area contributed by atoms with Crippen LogP contribution in [0.15, 0.2) is 0 Å². The van der Waals surface area contributed by atoms with Crippen LogP contribution in [0.3, 0.4) is 0 Å². The van der Waals surface area contributed by atoms with Crippen LogP contribution in [0.2, 0.25) is 18.8 Å². The monoisotopic (exact) mass is 562 g/mol. The van der Waals surface area contributed by atoms with E-state index in [1.54, 1.807) is 6.55 Å². The van der Waals surface area contributed by atoms with E-state index in [0.29, 0.717) is 5.67 Å². The minimum Gasteiger partial charge on any atom is -0.172 e. The molecule has 1 aliphatic rings. The second-order valence-corrected chi connectivity index (χ2v) is 84.1. The van der Waals surface area contributed by atoms with Gasteiger partial charge in [0, 0.05) is 0 Å². The van der Waals surface area contributed by atoms with Gasteiger partial charge in [0.1, 0.15) is 0 Å². The summed E-state index contributed by atoms with van der Waals surface area (Å²) in [7, 11) is 0. The highest BCUT2D eigenvalue weighted by molar-refractivity contribution is 8.36. The molecule has 19 heavy (non-hydrogen) atoms. The van der Waals surface area contributed by atoms with Gasteiger partial charge in [-0.1, -0.05) is 13.1 Å². The average Bonchev–Trinajstić information content (AvgIpc) is 2.21. The third kappa shape index (κ3) is 2.97. The first kappa shape index (κ1) is 21.2. The van der Waals surface area contributed by atoms with Gasteiger partial charge in [-0.3, -0.25) is 0 Å². The van der Waals surface area contributed by atoms with Crippen LogP contribution in [-0.2, 0) is 0 Å². The molecule has 0 bridgehead atoms. The molecule has 0 radical (unpaired) electrons. The Hall–Kier alpha value is 4.20. The Morgan fingerprint density at radius 3 is 1.26 bits per heavy atom. The van der Waals surface area contributed by atoms with Crippen LogP contribution in [0.1, 0.15) is 0 Å². The molecule has 4 unspecified atom stereocenters. The lowest BCUT2D eigenvalue weighted by atomic mass is 11.8. The minimum absolute atomic E-state index is 0.425. The summed E-state index contributed by atoms with van der Waals surface area (Å²) in [6, 6.07) is 0. The zero-order valence-electron chi connectivity index (χ0n) is 9.49. The smallest absolute Gasteiger partial charge is 0.172 e. The van der Waals surface area contributed by atoms with Gasteiger partial charge < -0.3 is 0 Å². The summed E-state index contributed by atoms with van der Waals surface area (Å²) in [5.41, 5.74) is -6.13. The van der Waals surface area contributed by atoms with Crippen LogP contribution in [0.25, 0.3) is 0 Å². The molecule has 1 saturated heterocycles. The van der Waals surface area contributed by atoms with Crippen LogP contribution < -0.4 is 0 Å². The second-order valence-electron chi connectivity index (χ2n) is 4.83. The number of hydrogen-bond acceptors (Lipinski definition) is 0. The topological polar surface area (TPSA) is 0 Å². The first-order chi connectivity index (χ1) is 7.96. The molecule has 16 heteroatoms. The van der Waals surface area contributed by atoms with E-state index >= 15 is 0 Å². The Kier molecular flexibility index (Phi) is 6.57. The fraction of sp³-hybridized carbons (Fsp3) is 1.00. The summed E-state index contributed by atoms with van der Waals surface area (Å²) in [5.74, 6) is -3.06. The standard InChI is InChI=1S/C3H8Cl10Si6/c1-14(4)3-16(6,17(7,8)9)15(2,5)19(14,13)18(10,11)12/h3H2,1-2H3. The summed E-state index contributed by atoms with van der Waals surface area (Å²) < 4.78 is 0. The summed E-state index contributed by atoms with van der Waals surface area (Å²) >= 11 is 64.8. The lowest BCUT2D eigenvalue weighted by Gasteiger charge is -2.43. The predicted octanol–water partition coefficient (Wildman–Crippen LogP) is 6.24. The Morgan fingerprint density at radius 1 is 0.737 bits per heavy atom. The SMILES string of the molecule is C[Si]1(Cl)C[Si](Cl)([Si](Cl)(Cl)Cl)[Si](C)(Cl)[Si]1(Cl)[Si](Cl)(Cl)Cl. The van der Waals surface area contributed by atoms with Crippen molar-refractivity contribution in [3.63, 3.8) is 0 Å². The first-order valence-corrected chi connectivity index (χ1v) is 33.4.